The van der Waals surface area contributed by atoms with Gasteiger partial charge in [0.15, 0.2) is 5.82 Å². The van der Waals surface area contributed by atoms with Crippen LogP contribution in [0.5, 0.6) is 5.75 Å². The Morgan fingerprint density at radius 2 is 2.00 bits per heavy atom. The molecule has 0 N–H and O–H groups in total. The quantitative estimate of drug-likeness (QED) is 0.869. The first-order valence-corrected chi connectivity index (χ1v) is 8.10. The van der Waals surface area contributed by atoms with E-state index in [4.69, 9.17) is 4.74 Å². The van der Waals surface area contributed by atoms with Crippen LogP contribution in [0.15, 0.2) is 41.5 Å². The zero-order valence-corrected chi connectivity index (χ0v) is 13.7. The van der Waals surface area contributed by atoms with Crippen LogP contribution in [0, 0.1) is 12.8 Å². The van der Waals surface area contributed by atoms with Gasteiger partial charge in [-0.25, -0.2) is 4.98 Å². The molecule has 1 saturated heterocycles. The number of hydrogen-bond donors (Lipinski definition) is 0. The van der Waals surface area contributed by atoms with Gasteiger partial charge in [-0.3, -0.25) is 4.79 Å². The third-order valence-electron chi connectivity index (χ3n) is 4.48. The van der Waals surface area contributed by atoms with E-state index in [2.05, 4.69) is 22.9 Å². The molecule has 1 aromatic carbocycles. The highest BCUT2D eigenvalue weighted by Crippen LogP contribution is 2.22. The van der Waals surface area contributed by atoms with Crippen molar-refractivity contribution in [3.63, 3.8) is 0 Å². The number of nitrogens with zero attached hydrogens (tertiary/aromatic N) is 3. The molecule has 1 fully saturated rings. The van der Waals surface area contributed by atoms with Crippen LogP contribution in [0.1, 0.15) is 18.4 Å². The maximum Gasteiger partial charge on any atom is 0.293 e. The molecule has 122 valence electrons. The predicted molar refractivity (Wildman–Crippen MR) is 91.1 cm³/mol. The van der Waals surface area contributed by atoms with Gasteiger partial charge in [0.05, 0.1) is 6.61 Å². The highest BCUT2D eigenvalue weighted by atomic mass is 16.5. The van der Waals surface area contributed by atoms with Gasteiger partial charge in [-0.15, -0.1) is 0 Å². The summed E-state index contributed by atoms with van der Waals surface area (Å²) in [6.45, 7) is 4.51. The fourth-order valence-corrected chi connectivity index (χ4v) is 2.94. The van der Waals surface area contributed by atoms with E-state index in [-0.39, 0.29) is 5.56 Å². The summed E-state index contributed by atoms with van der Waals surface area (Å²) in [5.41, 5.74) is 1.14. The molecule has 0 unspecified atom stereocenters. The van der Waals surface area contributed by atoms with Crippen molar-refractivity contribution in [2.24, 2.45) is 13.0 Å². The maximum atomic E-state index is 12.1. The molecule has 2 heterocycles. The van der Waals surface area contributed by atoms with Crippen LogP contribution in [-0.4, -0.2) is 29.2 Å². The van der Waals surface area contributed by atoms with Crippen molar-refractivity contribution in [3.8, 4) is 5.75 Å². The van der Waals surface area contributed by atoms with Crippen molar-refractivity contribution in [3.05, 3.63) is 52.6 Å². The second-order valence-corrected chi connectivity index (χ2v) is 6.17. The number of aromatic nitrogens is 2. The summed E-state index contributed by atoms with van der Waals surface area (Å²) in [4.78, 5) is 18.5. The van der Waals surface area contributed by atoms with Gasteiger partial charge in [0.1, 0.15) is 5.75 Å². The molecule has 0 radical (unpaired) electrons. The Bertz CT molecular complexity index is 718. The van der Waals surface area contributed by atoms with Crippen LogP contribution in [-0.2, 0) is 7.05 Å². The zero-order valence-electron chi connectivity index (χ0n) is 13.7. The maximum absolute atomic E-state index is 12.1. The van der Waals surface area contributed by atoms with E-state index in [9.17, 15) is 4.79 Å². The molecule has 0 spiro atoms. The molecule has 0 atom stereocenters. The molecule has 5 heteroatoms. The molecule has 1 aromatic heterocycles. The SMILES string of the molecule is Cc1ccccc1OCC1CCN(c2nccn(C)c2=O)CC1. The van der Waals surface area contributed by atoms with E-state index in [0.717, 1.165) is 38.3 Å². The molecule has 1 aliphatic rings. The number of benzene rings is 1. The van der Waals surface area contributed by atoms with Crippen LogP contribution in [0.3, 0.4) is 0 Å². The van der Waals surface area contributed by atoms with Gasteiger partial charge in [0.25, 0.3) is 5.56 Å². The van der Waals surface area contributed by atoms with Gasteiger partial charge in [-0.2, -0.15) is 0 Å². The van der Waals surface area contributed by atoms with Crippen molar-refractivity contribution in [1.29, 1.82) is 0 Å². The van der Waals surface area contributed by atoms with Gasteiger partial charge in [0.2, 0.25) is 0 Å². The number of aryl methyl sites for hydroxylation is 2. The molecule has 0 amide bonds. The van der Waals surface area contributed by atoms with E-state index in [1.165, 1.54) is 5.56 Å². The summed E-state index contributed by atoms with van der Waals surface area (Å²) in [6.07, 6.45) is 5.41. The zero-order chi connectivity index (χ0) is 16.2. The summed E-state index contributed by atoms with van der Waals surface area (Å²) < 4.78 is 7.54. The Hall–Kier alpha value is -2.30. The Labute approximate surface area is 136 Å². The minimum Gasteiger partial charge on any atom is -0.493 e. The largest absolute Gasteiger partial charge is 0.493 e. The van der Waals surface area contributed by atoms with Gasteiger partial charge >= 0.3 is 0 Å². The fourth-order valence-electron chi connectivity index (χ4n) is 2.94. The lowest BCUT2D eigenvalue weighted by molar-refractivity contribution is 0.221. The van der Waals surface area contributed by atoms with E-state index in [0.29, 0.717) is 11.7 Å². The van der Waals surface area contributed by atoms with Crippen LogP contribution < -0.4 is 15.2 Å². The first-order valence-electron chi connectivity index (χ1n) is 8.10. The van der Waals surface area contributed by atoms with E-state index in [1.54, 1.807) is 24.0 Å². The Kier molecular flexibility index (Phi) is 4.65. The Balaban J connectivity index is 1.55. The molecular formula is C18H23N3O2. The van der Waals surface area contributed by atoms with E-state index >= 15 is 0 Å². The molecule has 1 aliphatic heterocycles. The van der Waals surface area contributed by atoms with Crippen molar-refractivity contribution >= 4 is 5.82 Å². The number of rotatable bonds is 4. The van der Waals surface area contributed by atoms with E-state index in [1.807, 2.05) is 18.2 Å². The van der Waals surface area contributed by atoms with Crippen LogP contribution in [0.25, 0.3) is 0 Å². The summed E-state index contributed by atoms with van der Waals surface area (Å²) >= 11 is 0. The first-order chi connectivity index (χ1) is 11.1. The lowest BCUT2D eigenvalue weighted by Crippen LogP contribution is -2.39. The van der Waals surface area contributed by atoms with Gasteiger partial charge in [-0.1, -0.05) is 18.2 Å². The van der Waals surface area contributed by atoms with Crippen molar-refractivity contribution in [1.82, 2.24) is 9.55 Å². The van der Waals surface area contributed by atoms with E-state index < -0.39 is 0 Å². The highest BCUT2D eigenvalue weighted by molar-refractivity contribution is 5.36. The number of piperidine rings is 1. The lowest BCUT2D eigenvalue weighted by atomic mass is 9.98. The Morgan fingerprint density at radius 3 is 2.74 bits per heavy atom. The summed E-state index contributed by atoms with van der Waals surface area (Å²) in [7, 11) is 1.76. The number of para-hydroxylation sites is 1. The molecule has 0 saturated carbocycles. The lowest BCUT2D eigenvalue weighted by Gasteiger charge is -2.32. The van der Waals surface area contributed by atoms with Gasteiger partial charge in [-0.05, 0) is 37.3 Å². The molecule has 3 rings (SSSR count). The minimum absolute atomic E-state index is 0.0258. The molecule has 0 aliphatic carbocycles. The summed E-state index contributed by atoms with van der Waals surface area (Å²) in [5, 5.41) is 0. The van der Waals surface area contributed by atoms with Crippen molar-refractivity contribution in [2.75, 3.05) is 24.6 Å². The normalized spacial score (nSPS) is 15.7. The predicted octanol–water partition coefficient (Wildman–Crippen LogP) is 2.38. The highest BCUT2D eigenvalue weighted by Gasteiger charge is 2.22. The van der Waals surface area contributed by atoms with Crippen molar-refractivity contribution < 1.29 is 4.74 Å². The Morgan fingerprint density at radius 1 is 1.26 bits per heavy atom. The average molecular weight is 313 g/mol. The van der Waals surface area contributed by atoms with Crippen LogP contribution >= 0.6 is 0 Å². The topological polar surface area (TPSA) is 47.4 Å². The fraction of sp³-hybridized carbons (Fsp3) is 0.444. The third-order valence-corrected chi connectivity index (χ3v) is 4.48. The first kappa shape index (κ1) is 15.6. The molecule has 2 aromatic rings. The second kappa shape index (κ2) is 6.86. The smallest absolute Gasteiger partial charge is 0.293 e. The number of hydrogen-bond acceptors (Lipinski definition) is 4. The average Bonchev–Trinajstić information content (AvgIpc) is 2.57. The molecule has 23 heavy (non-hydrogen) atoms. The van der Waals surface area contributed by atoms with Crippen molar-refractivity contribution in [2.45, 2.75) is 19.8 Å². The van der Waals surface area contributed by atoms with Gasteiger partial charge < -0.3 is 14.2 Å². The van der Waals surface area contributed by atoms with Crippen LogP contribution in [0.4, 0.5) is 5.82 Å². The molecule has 5 nitrogen and oxygen atoms in total. The van der Waals surface area contributed by atoms with Gasteiger partial charge in [0, 0.05) is 32.5 Å². The summed E-state index contributed by atoms with van der Waals surface area (Å²) in [6, 6.07) is 8.10. The standard InChI is InChI=1S/C18H23N3O2/c1-14-5-3-4-6-16(14)23-13-15-7-10-21(11-8-15)17-18(22)20(2)12-9-19-17/h3-6,9,12,15H,7-8,10-11,13H2,1-2H3. The minimum atomic E-state index is -0.0258. The monoisotopic (exact) mass is 313 g/mol. The summed E-state index contributed by atoms with van der Waals surface area (Å²) in [5.74, 6) is 2.06. The van der Waals surface area contributed by atoms with Crippen LogP contribution in [0.2, 0.25) is 0 Å². The number of ether oxygens (including phenoxy) is 1. The third kappa shape index (κ3) is 3.55. The second-order valence-electron chi connectivity index (χ2n) is 6.17. The molecule has 0 bridgehead atoms. The molecular weight excluding hydrogens is 290 g/mol. The number of anilines is 1.